The molecule has 2 nitrogen and oxygen atoms in total. The van der Waals surface area contributed by atoms with Crippen LogP contribution in [0, 0.1) is 0 Å². The van der Waals surface area contributed by atoms with Crippen LogP contribution in [0.3, 0.4) is 0 Å². The summed E-state index contributed by atoms with van der Waals surface area (Å²) in [4.78, 5) is 0. The van der Waals surface area contributed by atoms with Crippen molar-refractivity contribution in [1.82, 2.24) is 9.34 Å². The largest absolute Gasteiger partial charge is 0.270 e. The van der Waals surface area contributed by atoms with Crippen molar-refractivity contribution >= 4 is 26.8 Å². The lowest BCUT2D eigenvalue weighted by molar-refractivity contribution is 0.422. The highest BCUT2D eigenvalue weighted by Crippen LogP contribution is 2.45. The van der Waals surface area contributed by atoms with Gasteiger partial charge in [-0.25, -0.2) is 0 Å². The first-order valence-corrected chi connectivity index (χ1v) is 13.4. The Kier molecular flexibility index (Phi) is 10.5. The molecule has 0 atom stereocenters. The average Bonchev–Trinajstić information content (AvgIpc) is 2.73. The number of hydrogen-bond acceptors (Lipinski definition) is 2. The molecule has 0 saturated heterocycles. The van der Waals surface area contributed by atoms with Gasteiger partial charge in [0.25, 0.3) is 0 Å². The molecular formula is C23H36N2P2. The van der Waals surface area contributed by atoms with Crippen molar-refractivity contribution < 1.29 is 0 Å². The van der Waals surface area contributed by atoms with E-state index in [1.807, 2.05) is 0 Å². The molecule has 2 aromatic carbocycles. The monoisotopic (exact) mass is 402 g/mol. The Morgan fingerprint density at radius 3 is 1.37 bits per heavy atom. The summed E-state index contributed by atoms with van der Waals surface area (Å²) in [5.41, 5.74) is 0. The van der Waals surface area contributed by atoms with Crippen molar-refractivity contribution in [3.05, 3.63) is 60.7 Å². The second-order valence-electron chi connectivity index (χ2n) is 6.55. The quantitative estimate of drug-likeness (QED) is 0.432. The van der Waals surface area contributed by atoms with E-state index in [4.69, 9.17) is 0 Å². The van der Waals surface area contributed by atoms with Crippen molar-refractivity contribution in [3.8, 4) is 0 Å². The highest BCUT2D eigenvalue weighted by atomic mass is 31.1. The molecule has 0 bridgehead atoms. The third kappa shape index (κ3) is 6.65. The summed E-state index contributed by atoms with van der Waals surface area (Å²) in [6, 6.07) is 22.3. The number of hydrogen-bond donors (Lipinski definition) is 0. The van der Waals surface area contributed by atoms with E-state index in [1.54, 1.807) is 0 Å². The third-order valence-corrected chi connectivity index (χ3v) is 10.7. The summed E-state index contributed by atoms with van der Waals surface area (Å²) in [5.74, 6) is 0. The molecule has 0 aliphatic heterocycles. The first kappa shape index (κ1) is 22.5. The normalized spacial score (nSPS) is 11.9. The molecule has 148 valence electrons. The standard InChI is InChI=1S/C23H36N2P2/c1-5-24(6-2)27(25(7-3)8-4)21-15-20-26(22-16-11-9-12-17-22)23-18-13-10-14-19-23/h9-14,16-19H,5-8,15,20-21H2,1-4H3. The maximum atomic E-state index is 2.69. The predicted octanol–water partition coefficient (Wildman–Crippen LogP) is 5.50. The van der Waals surface area contributed by atoms with Crippen LogP contribution in [-0.2, 0) is 0 Å². The van der Waals surface area contributed by atoms with Crippen LogP contribution in [0.4, 0.5) is 0 Å². The zero-order chi connectivity index (χ0) is 19.5. The van der Waals surface area contributed by atoms with E-state index in [2.05, 4.69) is 97.7 Å². The summed E-state index contributed by atoms with van der Waals surface area (Å²) in [6.07, 6.45) is 3.90. The maximum absolute atomic E-state index is 2.69. The van der Waals surface area contributed by atoms with Crippen LogP contribution in [-0.4, -0.2) is 47.8 Å². The minimum Gasteiger partial charge on any atom is -0.270 e. The highest BCUT2D eigenvalue weighted by Gasteiger charge is 2.22. The van der Waals surface area contributed by atoms with E-state index in [0.717, 1.165) is 26.2 Å². The molecule has 0 radical (unpaired) electrons. The fourth-order valence-corrected chi connectivity index (χ4v) is 8.83. The fourth-order valence-electron chi connectivity index (χ4n) is 3.56. The molecular weight excluding hydrogens is 366 g/mol. The van der Waals surface area contributed by atoms with Gasteiger partial charge in [0.15, 0.2) is 0 Å². The molecule has 0 aliphatic carbocycles. The minimum absolute atomic E-state index is 0.179. The van der Waals surface area contributed by atoms with Crippen LogP contribution in [0.2, 0.25) is 0 Å². The zero-order valence-electron chi connectivity index (χ0n) is 17.5. The maximum Gasteiger partial charge on any atom is 0.0394 e. The van der Waals surface area contributed by atoms with Gasteiger partial charge in [0, 0.05) is 34.4 Å². The Balaban J connectivity index is 2.11. The second-order valence-corrected chi connectivity index (χ2v) is 11.2. The molecule has 0 N–H and O–H groups in total. The summed E-state index contributed by atoms with van der Waals surface area (Å²) in [7, 11) is -0.443. The second kappa shape index (κ2) is 12.6. The van der Waals surface area contributed by atoms with Crippen LogP contribution in [0.25, 0.3) is 0 Å². The average molecular weight is 403 g/mol. The Morgan fingerprint density at radius 1 is 0.593 bits per heavy atom. The van der Waals surface area contributed by atoms with Crippen molar-refractivity contribution in [1.29, 1.82) is 0 Å². The van der Waals surface area contributed by atoms with E-state index >= 15 is 0 Å². The van der Waals surface area contributed by atoms with Crippen molar-refractivity contribution in [2.75, 3.05) is 38.5 Å². The van der Waals surface area contributed by atoms with Gasteiger partial charge in [-0.1, -0.05) is 88.4 Å². The van der Waals surface area contributed by atoms with Crippen LogP contribution in [0.1, 0.15) is 34.1 Å². The Hall–Kier alpha value is -0.780. The lowest BCUT2D eigenvalue weighted by Crippen LogP contribution is -2.30. The summed E-state index contributed by atoms with van der Waals surface area (Å²) >= 11 is 0. The molecule has 0 spiro atoms. The van der Waals surface area contributed by atoms with E-state index < -0.39 is 0 Å². The van der Waals surface area contributed by atoms with Gasteiger partial charge in [0.05, 0.1) is 0 Å². The summed E-state index contributed by atoms with van der Waals surface area (Å²) in [5, 5.41) is 3.02. The first-order chi connectivity index (χ1) is 13.2. The molecule has 0 aliphatic rings. The van der Waals surface area contributed by atoms with Gasteiger partial charge in [-0.05, 0) is 37.3 Å². The van der Waals surface area contributed by atoms with Gasteiger partial charge >= 0.3 is 0 Å². The Morgan fingerprint density at radius 2 is 1.00 bits per heavy atom. The van der Waals surface area contributed by atoms with Gasteiger partial charge in [0.1, 0.15) is 0 Å². The van der Waals surface area contributed by atoms with Gasteiger partial charge in [-0.15, -0.1) is 0 Å². The Bertz CT molecular complexity index is 561. The van der Waals surface area contributed by atoms with Crippen LogP contribution in [0.15, 0.2) is 60.7 Å². The molecule has 0 unspecified atom stereocenters. The highest BCUT2D eigenvalue weighted by molar-refractivity contribution is 7.73. The van der Waals surface area contributed by atoms with Crippen molar-refractivity contribution in [3.63, 3.8) is 0 Å². The van der Waals surface area contributed by atoms with E-state index in [9.17, 15) is 0 Å². The molecule has 0 heterocycles. The first-order valence-electron chi connectivity index (χ1n) is 10.4. The van der Waals surface area contributed by atoms with E-state index in [0.29, 0.717) is 0 Å². The number of rotatable bonds is 12. The number of nitrogens with zero attached hydrogens (tertiary/aromatic N) is 2. The van der Waals surface area contributed by atoms with Gasteiger partial charge < -0.3 is 0 Å². The molecule has 2 aromatic rings. The lowest BCUT2D eigenvalue weighted by Gasteiger charge is -2.38. The van der Waals surface area contributed by atoms with E-state index in [-0.39, 0.29) is 16.1 Å². The SMILES string of the molecule is CCN(CC)P(CCCP(c1ccccc1)c1ccccc1)N(CC)CC. The minimum atomic E-state index is -0.264. The smallest absolute Gasteiger partial charge is 0.0394 e. The summed E-state index contributed by atoms with van der Waals surface area (Å²) in [6.45, 7) is 13.9. The van der Waals surface area contributed by atoms with Gasteiger partial charge in [-0.3, -0.25) is 9.34 Å². The van der Waals surface area contributed by atoms with Crippen LogP contribution >= 0.6 is 16.1 Å². The van der Waals surface area contributed by atoms with E-state index in [1.165, 1.54) is 29.4 Å². The van der Waals surface area contributed by atoms with Gasteiger partial charge in [0.2, 0.25) is 0 Å². The zero-order valence-corrected chi connectivity index (χ0v) is 19.3. The molecule has 0 fully saturated rings. The molecule has 0 saturated carbocycles. The number of benzene rings is 2. The third-order valence-electron chi connectivity index (χ3n) is 4.99. The van der Waals surface area contributed by atoms with Crippen molar-refractivity contribution in [2.24, 2.45) is 0 Å². The summed E-state index contributed by atoms with van der Waals surface area (Å²) < 4.78 is 5.38. The topological polar surface area (TPSA) is 6.48 Å². The van der Waals surface area contributed by atoms with Crippen LogP contribution in [0.5, 0.6) is 0 Å². The Labute approximate surface area is 169 Å². The molecule has 2 rings (SSSR count). The molecule has 0 aromatic heterocycles. The molecule has 27 heavy (non-hydrogen) atoms. The molecule has 0 amide bonds. The predicted molar refractivity (Wildman–Crippen MR) is 126 cm³/mol. The lowest BCUT2D eigenvalue weighted by atomic mass is 10.4. The van der Waals surface area contributed by atoms with Crippen molar-refractivity contribution in [2.45, 2.75) is 34.1 Å². The fraction of sp³-hybridized carbons (Fsp3) is 0.478. The van der Waals surface area contributed by atoms with Crippen LogP contribution < -0.4 is 10.6 Å². The van der Waals surface area contributed by atoms with Gasteiger partial charge in [-0.2, -0.15) is 0 Å². The molecule has 4 heteroatoms.